The number of nitrogens with zero attached hydrogens (tertiary/aromatic N) is 2. The molecule has 0 N–H and O–H groups in total. The van der Waals surface area contributed by atoms with Gasteiger partial charge in [-0.1, -0.05) is 146 Å². The van der Waals surface area contributed by atoms with Gasteiger partial charge in [-0.15, -0.1) is 11.3 Å². The lowest BCUT2D eigenvalue weighted by Crippen LogP contribution is -2.15. The summed E-state index contributed by atoms with van der Waals surface area (Å²) in [5.74, 6) is 0. The molecule has 11 aromatic rings. The molecule has 12 rings (SSSR count). The summed E-state index contributed by atoms with van der Waals surface area (Å²) in [5.41, 5.74) is 14.2. The van der Waals surface area contributed by atoms with Crippen molar-refractivity contribution in [1.82, 2.24) is 0 Å². The number of anilines is 6. The van der Waals surface area contributed by atoms with Crippen molar-refractivity contribution >= 4 is 87.2 Å². The van der Waals surface area contributed by atoms with Crippen LogP contribution in [0.4, 0.5) is 34.1 Å². The summed E-state index contributed by atoms with van der Waals surface area (Å²) in [4.78, 5) is 4.86. The highest BCUT2D eigenvalue weighted by Gasteiger charge is 2.29. The predicted molar refractivity (Wildman–Crippen MR) is 254 cm³/mol. The van der Waals surface area contributed by atoms with Gasteiger partial charge in [0.15, 0.2) is 0 Å². The Kier molecular flexibility index (Phi) is 7.75. The molecule has 2 heterocycles. The zero-order valence-corrected chi connectivity index (χ0v) is 32.9. The first kappa shape index (κ1) is 33.7. The lowest BCUT2D eigenvalue weighted by Gasteiger charge is -2.35. The fourth-order valence-electron chi connectivity index (χ4n) is 9.31. The lowest BCUT2D eigenvalue weighted by molar-refractivity contribution is 1.28. The highest BCUT2D eigenvalue weighted by molar-refractivity contribution is 7.25. The molecule has 0 amide bonds. The summed E-state index contributed by atoms with van der Waals surface area (Å²) >= 11 is 1.86. The van der Waals surface area contributed by atoms with Crippen LogP contribution >= 0.6 is 11.3 Å². The number of para-hydroxylation sites is 1. The number of rotatable bonds is 6. The summed E-state index contributed by atoms with van der Waals surface area (Å²) in [6.07, 6.45) is 0. The van der Waals surface area contributed by atoms with E-state index in [1.54, 1.807) is 0 Å². The number of fused-ring (bicyclic) bond motifs is 7. The van der Waals surface area contributed by atoms with Gasteiger partial charge in [-0.25, -0.2) is 0 Å². The highest BCUT2D eigenvalue weighted by atomic mass is 32.1. The molecule has 0 atom stereocenters. The van der Waals surface area contributed by atoms with Gasteiger partial charge in [-0.05, 0) is 117 Å². The van der Waals surface area contributed by atoms with E-state index in [1.165, 1.54) is 86.5 Å². The van der Waals surface area contributed by atoms with E-state index in [4.69, 9.17) is 0 Å². The fraction of sp³-hybridized carbons (Fsp3) is 0. The maximum absolute atomic E-state index is 2.51. The molecular weight excluding hydrogens is 733 g/mol. The first-order chi connectivity index (χ1) is 29.3. The molecule has 1 aromatic heterocycles. The van der Waals surface area contributed by atoms with Crippen molar-refractivity contribution in [2.45, 2.75) is 0 Å². The van der Waals surface area contributed by atoms with Crippen LogP contribution in [0.3, 0.4) is 0 Å². The molecule has 0 aliphatic carbocycles. The second-order valence-electron chi connectivity index (χ2n) is 15.3. The Balaban J connectivity index is 1.05. The minimum atomic E-state index is 1.10. The average Bonchev–Trinajstić information content (AvgIpc) is 3.68. The molecule has 59 heavy (non-hydrogen) atoms. The zero-order valence-electron chi connectivity index (χ0n) is 32.1. The van der Waals surface area contributed by atoms with Crippen molar-refractivity contribution in [3.63, 3.8) is 0 Å². The Morgan fingerprint density at radius 3 is 1.83 bits per heavy atom. The van der Waals surface area contributed by atoms with Crippen LogP contribution in [-0.2, 0) is 0 Å². The molecule has 0 saturated heterocycles. The molecule has 0 fully saturated rings. The van der Waals surface area contributed by atoms with Gasteiger partial charge < -0.3 is 9.80 Å². The van der Waals surface area contributed by atoms with Crippen LogP contribution in [0, 0.1) is 0 Å². The van der Waals surface area contributed by atoms with Crippen LogP contribution < -0.4 is 9.80 Å². The Labute approximate surface area is 347 Å². The number of hydrogen-bond acceptors (Lipinski definition) is 3. The number of benzene rings is 10. The van der Waals surface area contributed by atoms with Crippen molar-refractivity contribution < 1.29 is 0 Å². The maximum Gasteiger partial charge on any atom is 0.0553 e. The van der Waals surface area contributed by atoms with Crippen molar-refractivity contribution in [2.75, 3.05) is 9.80 Å². The molecule has 1 aliphatic heterocycles. The Morgan fingerprint density at radius 1 is 0.356 bits per heavy atom. The van der Waals surface area contributed by atoms with E-state index in [2.05, 4.69) is 228 Å². The van der Waals surface area contributed by atoms with Crippen molar-refractivity contribution in [3.8, 4) is 33.4 Å². The smallest absolute Gasteiger partial charge is 0.0553 e. The summed E-state index contributed by atoms with van der Waals surface area (Å²) in [6, 6.07) is 80.0. The van der Waals surface area contributed by atoms with Gasteiger partial charge in [0.1, 0.15) is 0 Å². The van der Waals surface area contributed by atoms with E-state index in [0.717, 1.165) is 22.7 Å². The Morgan fingerprint density at radius 2 is 1.00 bits per heavy atom. The third kappa shape index (κ3) is 5.47. The van der Waals surface area contributed by atoms with Crippen LogP contribution in [0.2, 0.25) is 0 Å². The number of hydrogen-bond donors (Lipinski definition) is 0. The highest BCUT2D eigenvalue weighted by Crippen LogP contribution is 2.55. The van der Waals surface area contributed by atoms with Crippen LogP contribution in [0.1, 0.15) is 0 Å². The van der Waals surface area contributed by atoms with E-state index in [0.29, 0.717) is 0 Å². The van der Waals surface area contributed by atoms with E-state index >= 15 is 0 Å². The van der Waals surface area contributed by atoms with Crippen LogP contribution in [0.25, 0.3) is 75.1 Å². The van der Waals surface area contributed by atoms with Crippen molar-refractivity contribution in [1.29, 1.82) is 0 Å². The van der Waals surface area contributed by atoms with Gasteiger partial charge in [-0.2, -0.15) is 0 Å². The standard InChI is InChI=1S/C56H36N2S/c1-3-14-37(15-4-1)40-18-11-21-43(34-40)57(41-19-5-2-6-20-41)42-30-28-38(29-31-42)49-36-52-56(47-24-8-7-22-45(47)49)48-25-12-16-39-17-13-26-51(55(39)48)58(52)44-32-33-54-50(35-44)46-23-9-10-27-53(46)59-54/h1-36H. The second kappa shape index (κ2) is 13.6. The van der Waals surface area contributed by atoms with Crippen molar-refractivity contribution in [3.05, 3.63) is 218 Å². The summed E-state index contributed by atoms with van der Waals surface area (Å²) in [6.45, 7) is 0. The maximum atomic E-state index is 2.51. The summed E-state index contributed by atoms with van der Waals surface area (Å²) in [7, 11) is 0. The SMILES string of the molecule is c1ccc(-c2cccc(N(c3ccccc3)c3ccc(-c4cc5c(c6ccccc46)-c4cccc6cccc(c46)N5c4ccc5sc6ccccc6c5c4)cc3)c2)cc1. The molecule has 0 radical (unpaired) electrons. The van der Waals surface area contributed by atoms with Gasteiger partial charge in [-0.3, -0.25) is 0 Å². The van der Waals surface area contributed by atoms with Crippen LogP contribution in [0.15, 0.2) is 218 Å². The summed E-state index contributed by atoms with van der Waals surface area (Å²) < 4.78 is 2.62. The molecule has 0 unspecified atom stereocenters. The predicted octanol–water partition coefficient (Wildman–Crippen LogP) is 16.6. The molecule has 2 nitrogen and oxygen atoms in total. The molecule has 0 bridgehead atoms. The first-order valence-corrected chi connectivity index (χ1v) is 21.0. The fourth-order valence-corrected chi connectivity index (χ4v) is 10.4. The summed E-state index contributed by atoms with van der Waals surface area (Å²) in [5, 5.41) is 7.63. The molecule has 3 heteroatoms. The molecular formula is C56H36N2S. The molecule has 276 valence electrons. The minimum absolute atomic E-state index is 1.10. The Bertz CT molecular complexity index is 3380. The Hall–Kier alpha value is -7.46. The molecule has 0 saturated carbocycles. The normalized spacial score (nSPS) is 12.0. The van der Waals surface area contributed by atoms with Crippen LogP contribution in [0.5, 0.6) is 0 Å². The third-order valence-electron chi connectivity index (χ3n) is 11.9. The monoisotopic (exact) mass is 768 g/mol. The molecule has 1 aliphatic rings. The molecule has 10 aromatic carbocycles. The first-order valence-electron chi connectivity index (χ1n) is 20.2. The van der Waals surface area contributed by atoms with Crippen molar-refractivity contribution in [2.24, 2.45) is 0 Å². The topological polar surface area (TPSA) is 6.48 Å². The minimum Gasteiger partial charge on any atom is -0.310 e. The largest absolute Gasteiger partial charge is 0.310 e. The van der Waals surface area contributed by atoms with E-state index in [9.17, 15) is 0 Å². The van der Waals surface area contributed by atoms with E-state index in [1.807, 2.05) is 11.3 Å². The lowest BCUT2D eigenvalue weighted by atomic mass is 9.85. The van der Waals surface area contributed by atoms with E-state index in [-0.39, 0.29) is 0 Å². The van der Waals surface area contributed by atoms with Gasteiger partial charge in [0, 0.05) is 53.9 Å². The average molecular weight is 769 g/mol. The quantitative estimate of drug-likeness (QED) is 0.166. The number of thiophene rings is 1. The third-order valence-corrected chi connectivity index (χ3v) is 13.1. The van der Waals surface area contributed by atoms with Crippen LogP contribution in [-0.4, -0.2) is 0 Å². The second-order valence-corrected chi connectivity index (χ2v) is 16.4. The zero-order chi connectivity index (χ0) is 38.9. The van der Waals surface area contributed by atoms with Gasteiger partial charge in [0.05, 0.1) is 11.4 Å². The van der Waals surface area contributed by atoms with Gasteiger partial charge >= 0.3 is 0 Å². The van der Waals surface area contributed by atoms with Gasteiger partial charge in [0.25, 0.3) is 0 Å². The van der Waals surface area contributed by atoms with E-state index < -0.39 is 0 Å². The molecule has 0 spiro atoms. The van der Waals surface area contributed by atoms with Gasteiger partial charge in [0.2, 0.25) is 0 Å².